The van der Waals surface area contributed by atoms with Gasteiger partial charge >= 0.3 is 6.03 Å². The second-order valence-electron chi connectivity index (χ2n) is 4.98. The van der Waals surface area contributed by atoms with Crippen LogP contribution in [-0.4, -0.2) is 61.8 Å². The van der Waals surface area contributed by atoms with Crippen molar-refractivity contribution in [2.45, 2.75) is 38.6 Å². The van der Waals surface area contributed by atoms with Crippen LogP contribution in [0.15, 0.2) is 0 Å². The van der Waals surface area contributed by atoms with Gasteiger partial charge in [0.05, 0.1) is 6.67 Å². The molecule has 0 aliphatic carbocycles. The van der Waals surface area contributed by atoms with Crippen LogP contribution in [-0.2, 0) is 9.53 Å². The second kappa shape index (κ2) is 8.12. The van der Waals surface area contributed by atoms with Crippen molar-refractivity contribution in [3.8, 4) is 0 Å². The van der Waals surface area contributed by atoms with Gasteiger partial charge in [-0.15, -0.1) is 0 Å². The molecular formula is C13H25N3O3. The number of rotatable bonds is 9. The molecular weight excluding hydrogens is 246 g/mol. The lowest BCUT2D eigenvalue weighted by molar-refractivity contribution is -0.128. The fourth-order valence-electron chi connectivity index (χ4n) is 2.11. The van der Waals surface area contributed by atoms with Crippen molar-refractivity contribution in [3.05, 3.63) is 0 Å². The zero-order valence-corrected chi connectivity index (χ0v) is 12.1. The molecule has 19 heavy (non-hydrogen) atoms. The first kappa shape index (κ1) is 15.9. The van der Waals surface area contributed by atoms with Crippen molar-refractivity contribution >= 4 is 11.9 Å². The minimum absolute atomic E-state index is 0.1000. The summed E-state index contributed by atoms with van der Waals surface area (Å²) in [5.41, 5.74) is 0. The highest BCUT2D eigenvalue weighted by Crippen LogP contribution is 2.12. The smallest absolute Gasteiger partial charge is 0.325 e. The van der Waals surface area contributed by atoms with Gasteiger partial charge in [-0.05, 0) is 19.9 Å². The van der Waals surface area contributed by atoms with E-state index in [4.69, 9.17) is 4.74 Å². The monoisotopic (exact) mass is 271 g/mol. The summed E-state index contributed by atoms with van der Waals surface area (Å²) in [5, 5.41) is 2.75. The molecule has 0 aromatic rings. The van der Waals surface area contributed by atoms with Crippen LogP contribution >= 0.6 is 0 Å². The highest BCUT2D eigenvalue weighted by Gasteiger charge is 2.37. The minimum atomic E-state index is -0.333. The van der Waals surface area contributed by atoms with Crippen LogP contribution in [0.2, 0.25) is 0 Å². The molecule has 1 saturated heterocycles. The normalized spacial score (nSPS) is 19.4. The highest BCUT2D eigenvalue weighted by molar-refractivity contribution is 6.04. The van der Waals surface area contributed by atoms with Gasteiger partial charge in [-0.1, -0.05) is 19.8 Å². The summed E-state index contributed by atoms with van der Waals surface area (Å²) in [5.74, 6) is -0.1000. The number of carbonyl (C=O) groups is 2. The van der Waals surface area contributed by atoms with E-state index < -0.39 is 0 Å². The Morgan fingerprint density at radius 3 is 2.74 bits per heavy atom. The zero-order valence-electron chi connectivity index (χ0n) is 12.1. The third kappa shape index (κ3) is 4.80. The average Bonchev–Trinajstić information content (AvgIpc) is 2.64. The average molecular weight is 271 g/mol. The number of imide groups is 1. The van der Waals surface area contributed by atoms with Gasteiger partial charge in [0.15, 0.2) is 0 Å². The molecule has 0 bridgehead atoms. The molecule has 1 N–H and O–H groups in total. The Morgan fingerprint density at radius 2 is 2.11 bits per heavy atom. The Kier molecular flexibility index (Phi) is 6.80. The Labute approximate surface area is 115 Å². The molecule has 0 aromatic carbocycles. The van der Waals surface area contributed by atoms with Crippen LogP contribution < -0.4 is 5.32 Å². The van der Waals surface area contributed by atoms with Crippen LogP contribution in [0.4, 0.5) is 4.79 Å². The topological polar surface area (TPSA) is 61.9 Å². The van der Waals surface area contributed by atoms with E-state index in [9.17, 15) is 9.59 Å². The summed E-state index contributed by atoms with van der Waals surface area (Å²) < 4.78 is 4.98. The van der Waals surface area contributed by atoms with Gasteiger partial charge in [0.1, 0.15) is 6.04 Å². The number of nitrogens with one attached hydrogen (secondary N) is 1. The molecule has 6 heteroatoms. The van der Waals surface area contributed by atoms with Crippen LogP contribution in [0, 0.1) is 0 Å². The molecule has 1 fully saturated rings. The van der Waals surface area contributed by atoms with Crippen molar-refractivity contribution in [1.29, 1.82) is 0 Å². The first-order valence-electron chi connectivity index (χ1n) is 6.89. The molecule has 1 unspecified atom stereocenters. The van der Waals surface area contributed by atoms with Gasteiger partial charge in [-0.25, -0.2) is 9.69 Å². The number of nitrogens with zero attached hydrogens (tertiary/aromatic N) is 2. The predicted octanol–water partition coefficient (Wildman–Crippen LogP) is 1.02. The van der Waals surface area contributed by atoms with Gasteiger partial charge in [0.2, 0.25) is 0 Å². The summed E-state index contributed by atoms with van der Waals surface area (Å²) in [7, 11) is 3.56. The van der Waals surface area contributed by atoms with Gasteiger partial charge < -0.3 is 10.1 Å². The standard InChI is InChI=1S/C13H25N3O3/c1-4-5-7-11-12(17)16(13(18)14-11)10-15(2)8-6-9-19-3/h11H,4-10H2,1-3H3,(H,14,18). The summed E-state index contributed by atoms with van der Waals surface area (Å²) in [6.07, 6.45) is 3.59. The lowest BCUT2D eigenvalue weighted by Crippen LogP contribution is -2.40. The van der Waals surface area contributed by atoms with E-state index in [1.54, 1.807) is 7.11 Å². The van der Waals surface area contributed by atoms with Gasteiger partial charge in [-0.3, -0.25) is 9.69 Å². The Bertz CT molecular complexity index is 310. The molecule has 1 atom stereocenters. The van der Waals surface area contributed by atoms with E-state index in [1.807, 2.05) is 11.9 Å². The molecule has 3 amide bonds. The molecule has 0 radical (unpaired) electrons. The summed E-state index contributed by atoms with van der Waals surface area (Å²) in [6.45, 7) is 3.90. The first-order chi connectivity index (χ1) is 9.10. The molecule has 1 rings (SSSR count). The molecule has 1 aliphatic heterocycles. The Hall–Kier alpha value is -1.14. The van der Waals surface area contributed by atoms with E-state index in [0.717, 1.165) is 32.2 Å². The molecule has 0 aromatic heterocycles. The first-order valence-corrected chi connectivity index (χ1v) is 6.89. The van der Waals surface area contributed by atoms with E-state index in [2.05, 4.69) is 12.2 Å². The molecule has 110 valence electrons. The molecule has 1 heterocycles. The maximum atomic E-state index is 12.1. The maximum Gasteiger partial charge on any atom is 0.325 e. The fourth-order valence-corrected chi connectivity index (χ4v) is 2.11. The summed E-state index contributed by atoms with van der Waals surface area (Å²) >= 11 is 0. The zero-order chi connectivity index (χ0) is 14.3. The third-order valence-corrected chi connectivity index (χ3v) is 3.22. The summed E-state index contributed by atoms with van der Waals surface area (Å²) in [4.78, 5) is 27.1. The van der Waals surface area contributed by atoms with Crippen molar-refractivity contribution < 1.29 is 14.3 Å². The van der Waals surface area contributed by atoms with Crippen molar-refractivity contribution in [1.82, 2.24) is 15.1 Å². The summed E-state index contributed by atoms with van der Waals surface area (Å²) in [6, 6.07) is -0.607. The van der Waals surface area contributed by atoms with E-state index in [-0.39, 0.29) is 18.0 Å². The number of carbonyl (C=O) groups excluding carboxylic acids is 2. The largest absolute Gasteiger partial charge is 0.385 e. The van der Waals surface area contributed by atoms with E-state index in [0.29, 0.717) is 13.3 Å². The van der Waals surface area contributed by atoms with Crippen LogP contribution in [0.3, 0.4) is 0 Å². The number of methoxy groups -OCH3 is 1. The van der Waals surface area contributed by atoms with Gasteiger partial charge in [0.25, 0.3) is 5.91 Å². The lowest BCUT2D eigenvalue weighted by atomic mass is 10.1. The van der Waals surface area contributed by atoms with Gasteiger partial charge in [-0.2, -0.15) is 0 Å². The number of amides is 3. The molecule has 1 aliphatic rings. The Balaban J connectivity index is 2.40. The van der Waals surface area contributed by atoms with E-state index >= 15 is 0 Å². The minimum Gasteiger partial charge on any atom is -0.385 e. The number of ether oxygens (including phenoxy) is 1. The number of hydrogen-bond acceptors (Lipinski definition) is 4. The Morgan fingerprint density at radius 1 is 1.37 bits per heavy atom. The van der Waals surface area contributed by atoms with Crippen LogP contribution in [0.25, 0.3) is 0 Å². The molecule has 0 saturated carbocycles. The number of unbranched alkanes of at least 4 members (excludes halogenated alkanes) is 1. The number of urea groups is 1. The quantitative estimate of drug-likeness (QED) is 0.502. The lowest BCUT2D eigenvalue weighted by Gasteiger charge is -2.21. The second-order valence-corrected chi connectivity index (χ2v) is 4.98. The molecule has 6 nitrogen and oxygen atoms in total. The van der Waals surface area contributed by atoms with Crippen LogP contribution in [0.1, 0.15) is 32.6 Å². The predicted molar refractivity (Wildman–Crippen MR) is 72.7 cm³/mol. The van der Waals surface area contributed by atoms with Crippen LogP contribution in [0.5, 0.6) is 0 Å². The fraction of sp³-hybridized carbons (Fsp3) is 0.846. The van der Waals surface area contributed by atoms with E-state index in [1.165, 1.54) is 4.90 Å². The third-order valence-electron chi connectivity index (χ3n) is 3.22. The van der Waals surface area contributed by atoms with Gasteiger partial charge in [0, 0.05) is 20.3 Å². The number of hydrogen-bond donors (Lipinski definition) is 1. The van der Waals surface area contributed by atoms with Crippen molar-refractivity contribution in [2.24, 2.45) is 0 Å². The van der Waals surface area contributed by atoms with Crippen molar-refractivity contribution in [3.63, 3.8) is 0 Å². The maximum absolute atomic E-state index is 12.1. The SMILES string of the molecule is CCCCC1NC(=O)N(CN(C)CCCOC)C1=O. The molecule has 0 spiro atoms. The van der Waals surface area contributed by atoms with Crippen molar-refractivity contribution in [2.75, 3.05) is 34.0 Å². The highest BCUT2D eigenvalue weighted by atomic mass is 16.5.